The zero-order valence-electron chi connectivity index (χ0n) is 9.25. The minimum Gasteiger partial charge on any atom is -0.198 e. The normalized spacial score (nSPS) is 10.1. The predicted molar refractivity (Wildman–Crippen MR) is 76.2 cm³/mol. The Morgan fingerprint density at radius 1 is 0.778 bits per heavy atom. The summed E-state index contributed by atoms with van der Waals surface area (Å²) in [5.41, 5.74) is 2.66. The molecule has 2 aromatic carbocycles. The van der Waals surface area contributed by atoms with Crippen molar-refractivity contribution in [1.82, 2.24) is 0 Å². The summed E-state index contributed by atoms with van der Waals surface area (Å²) in [6, 6.07) is 12.9. The van der Waals surface area contributed by atoms with Crippen molar-refractivity contribution in [2.45, 2.75) is 6.42 Å². The fourth-order valence-electron chi connectivity index (χ4n) is 1.73. The third kappa shape index (κ3) is 3.17. The number of halogens is 3. The number of hydrogen-bond donors (Lipinski definition) is 0. The molecule has 0 aliphatic heterocycles. The first-order valence-corrected chi connectivity index (χ1v) is 6.35. The van der Waals surface area contributed by atoms with Crippen molar-refractivity contribution in [3.8, 4) is 17.2 Å². The molecule has 0 spiro atoms. The zero-order chi connectivity index (χ0) is 13.1. The van der Waals surface area contributed by atoms with Crippen LogP contribution in [-0.4, -0.2) is 0 Å². The maximum Gasteiger partial charge on any atom is 0.0669 e. The van der Waals surface area contributed by atoms with Crippen molar-refractivity contribution < 1.29 is 0 Å². The molecule has 0 amide bonds. The molecule has 2 aromatic rings. The van der Waals surface area contributed by atoms with Crippen LogP contribution in [0.2, 0.25) is 15.1 Å². The molecule has 90 valence electrons. The van der Waals surface area contributed by atoms with Crippen LogP contribution in [0, 0.1) is 11.3 Å². The van der Waals surface area contributed by atoms with Gasteiger partial charge in [-0.15, -0.1) is 0 Å². The third-order valence-electron chi connectivity index (χ3n) is 2.44. The lowest BCUT2D eigenvalue weighted by Crippen LogP contribution is -1.85. The van der Waals surface area contributed by atoms with Gasteiger partial charge in [-0.25, -0.2) is 0 Å². The van der Waals surface area contributed by atoms with Crippen molar-refractivity contribution in [3.63, 3.8) is 0 Å². The van der Waals surface area contributed by atoms with Gasteiger partial charge in [0.05, 0.1) is 12.5 Å². The molecular weight excluding hydrogens is 289 g/mol. The number of nitrogens with zero attached hydrogens (tertiary/aromatic N) is 1. The maximum atomic E-state index is 8.72. The van der Waals surface area contributed by atoms with Crippen molar-refractivity contribution in [2.24, 2.45) is 0 Å². The average Bonchev–Trinajstić information content (AvgIpc) is 2.27. The van der Waals surface area contributed by atoms with Gasteiger partial charge in [0.25, 0.3) is 0 Å². The second-order valence-electron chi connectivity index (χ2n) is 3.84. The number of nitriles is 1. The van der Waals surface area contributed by atoms with Crippen LogP contribution in [0.5, 0.6) is 0 Å². The SMILES string of the molecule is N#CCc1cc(Cl)cc(-c2cc(Cl)cc(Cl)c2)c1. The van der Waals surface area contributed by atoms with E-state index in [1.54, 1.807) is 12.1 Å². The zero-order valence-corrected chi connectivity index (χ0v) is 11.5. The van der Waals surface area contributed by atoms with Crippen molar-refractivity contribution in [3.05, 3.63) is 57.0 Å². The molecular formula is C14H8Cl3N. The molecule has 0 unspecified atom stereocenters. The standard InChI is InChI=1S/C14H8Cl3N/c15-12-4-9(1-2-18)3-10(5-12)11-6-13(16)8-14(17)7-11/h3-8H,1H2. The summed E-state index contributed by atoms with van der Waals surface area (Å²) in [4.78, 5) is 0. The lowest BCUT2D eigenvalue weighted by Gasteiger charge is -2.06. The smallest absolute Gasteiger partial charge is 0.0669 e. The second kappa shape index (κ2) is 5.63. The number of hydrogen-bond acceptors (Lipinski definition) is 1. The van der Waals surface area contributed by atoms with Gasteiger partial charge in [0.1, 0.15) is 0 Å². The van der Waals surface area contributed by atoms with E-state index >= 15 is 0 Å². The highest BCUT2D eigenvalue weighted by Gasteiger charge is 2.05. The summed E-state index contributed by atoms with van der Waals surface area (Å²) in [5.74, 6) is 0. The van der Waals surface area contributed by atoms with Gasteiger partial charge in [0, 0.05) is 15.1 Å². The Hall–Kier alpha value is -1.20. The van der Waals surface area contributed by atoms with E-state index in [2.05, 4.69) is 6.07 Å². The van der Waals surface area contributed by atoms with Crippen LogP contribution in [-0.2, 0) is 6.42 Å². The molecule has 0 atom stereocenters. The van der Waals surface area contributed by atoms with Crippen LogP contribution in [0.4, 0.5) is 0 Å². The van der Waals surface area contributed by atoms with Crippen LogP contribution in [0.15, 0.2) is 36.4 Å². The Morgan fingerprint density at radius 3 is 1.83 bits per heavy atom. The van der Waals surface area contributed by atoms with Crippen molar-refractivity contribution >= 4 is 34.8 Å². The number of rotatable bonds is 2. The third-order valence-corrected chi connectivity index (χ3v) is 3.09. The van der Waals surface area contributed by atoms with Crippen LogP contribution in [0.1, 0.15) is 5.56 Å². The van der Waals surface area contributed by atoms with Gasteiger partial charge in [-0.2, -0.15) is 5.26 Å². The van der Waals surface area contributed by atoms with Crippen molar-refractivity contribution in [2.75, 3.05) is 0 Å². The van der Waals surface area contributed by atoms with Gasteiger partial charge in [0.2, 0.25) is 0 Å². The van der Waals surface area contributed by atoms with Gasteiger partial charge >= 0.3 is 0 Å². The van der Waals surface area contributed by atoms with E-state index < -0.39 is 0 Å². The molecule has 0 saturated carbocycles. The Labute approximate surface area is 121 Å². The minimum absolute atomic E-state index is 0.321. The highest BCUT2D eigenvalue weighted by molar-refractivity contribution is 6.35. The monoisotopic (exact) mass is 295 g/mol. The quantitative estimate of drug-likeness (QED) is 0.730. The summed E-state index contributed by atoms with van der Waals surface area (Å²) >= 11 is 18.0. The molecule has 0 aliphatic rings. The van der Waals surface area contributed by atoms with Gasteiger partial charge in [-0.1, -0.05) is 40.9 Å². The minimum atomic E-state index is 0.321. The molecule has 0 fully saturated rings. The van der Waals surface area contributed by atoms with Gasteiger partial charge in [0.15, 0.2) is 0 Å². The summed E-state index contributed by atoms with van der Waals surface area (Å²) < 4.78 is 0. The molecule has 0 bridgehead atoms. The molecule has 1 nitrogen and oxygen atoms in total. The van der Waals surface area contributed by atoms with Gasteiger partial charge in [-0.3, -0.25) is 0 Å². The molecule has 0 saturated heterocycles. The predicted octanol–water partition coefficient (Wildman–Crippen LogP) is 5.38. The van der Waals surface area contributed by atoms with Crippen molar-refractivity contribution in [1.29, 1.82) is 5.26 Å². The summed E-state index contributed by atoms with van der Waals surface area (Å²) in [7, 11) is 0. The highest BCUT2D eigenvalue weighted by atomic mass is 35.5. The Bertz CT molecular complexity index is 609. The largest absolute Gasteiger partial charge is 0.198 e. The van der Waals surface area contributed by atoms with E-state index in [9.17, 15) is 0 Å². The first kappa shape index (κ1) is 13.2. The Balaban J connectivity index is 2.53. The summed E-state index contributed by atoms with van der Waals surface area (Å²) in [6.45, 7) is 0. The maximum absolute atomic E-state index is 8.72. The van der Waals surface area contributed by atoms with Crippen LogP contribution >= 0.6 is 34.8 Å². The van der Waals surface area contributed by atoms with Gasteiger partial charge in [-0.05, 0) is 47.0 Å². The molecule has 0 N–H and O–H groups in total. The van der Waals surface area contributed by atoms with E-state index in [1.165, 1.54) is 0 Å². The van der Waals surface area contributed by atoms with Gasteiger partial charge < -0.3 is 0 Å². The van der Waals surface area contributed by atoms with E-state index in [0.717, 1.165) is 16.7 Å². The van der Waals surface area contributed by atoms with E-state index in [0.29, 0.717) is 21.5 Å². The highest BCUT2D eigenvalue weighted by Crippen LogP contribution is 2.30. The average molecular weight is 297 g/mol. The van der Waals surface area contributed by atoms with Crippen LogP contribution in [0.3, 0.4) is 0 Å². The molecule has 18 heavy (non-hydrogen) atoms. The second-order valence-corrected chi connectivity index (χ2v) is 5.15. The molecule has 0 radical (unpaired) electrons. The first-order valence-electron chi connectivity index (χ1n) is 5.21. The number of benzene rings is 2. The molecule has 0 aliphatic carbocycles. The van der Waals surface area contributed by atoms with E-state index in [1.807, 2.05) is 24.3 Å². The van der Waals surface area contributed by atoms with Crippen LogP contribution in [0.25, 0.3) is 11.1 Å². The lowest BCUT2D eigenvalue weighted by atomic mass is 10.0. The summed E-state index contributed by atoms with van der Waals surface area (Å²) in [5, 5.41) is 10.5. The van der Waals surface area contributed by atoms with E-state index in [4.69, 9.17) is 40.1 Å². The van der Waals surface area contributed by atoms with E-state index in [-0.39, 0.29) is 0 Å². The Kier molecular flexibility index (Phi) is 4.14. The fourth-order valence-corrected chi connectivity index (χ4v) is 2.51. The summed E-state index contributed by atoms with van der Waals surface area (Å²) in [6.07, 6.45) is 0.321. The molecule has 2 rings (SSSR count). The molecule has 0 heterocycles. The topological polar surface area (TPSA) is 23.8 Å². The molecule has 4 heteroatoms. The lowest BCUT2D eigenvalue weighted by molar-refractivity contribution is 1.26. The Morgan fingerprint density at radius 2 is 1.28 bits per heavy atom. The van der Waals surface area contributed by atoms with Crippen LogP contribution < -0.4 is 0 Å². The molecule has 0 aromatic heterocycles. The first-order chi connectivity index (χ1) is 8.58. The fraction of sp³-hybridized carbons (Fsp3) is 0.0714.